The number of para-hydroxylation sites is 1. The summed E-state index contributed by atoms with van der Waals surface area (Å²) in [6.07, 6.45) is 6.55. The fourth-order valence-corrected chi connectivity index (χ4v) is 3.31. The lowest BCUT2D eigenvalue weighted by Gasteiger charge is -2.16. The molecule has 0 bridgehead atoms. The number of aromatic amines is 1. The van der Waals surface area contributed by atoms with Crippen molar-refractivity contribution in [2.45, 2.75) is 18.8 Å². The molecule has 0 radical (unpaired) electrons. The topological polar surface area (TPSA) is 92.8 Å². The Morgan fingerprint density at radius 3 is 2.88 bits per heavy atom. The van der Waals surface area contributed by atoms with Gasteiger partial charge >= 0.3 is 0 Å². The van der Waals surface area contributed by atoms with Gasteiger partial charge in [-0.1, -0.05) is 18.2 Å². The molecule has 1 atom stereocenters. The Morgan fingerprint density at radius 2 is 2.12 bits per heavy atom. The second-order valence-electron chi connectivity index (χ2n) is 6.37. The van der Waals surface area contributed by atoms with Gasteiger partial charge in [0.25, 0.3) is 0 Å². The number of nitrogens with two attached hydrogens (primary N) is 1. The summed E-state index contributed by atoms with van der Waals surface area (Å²) in [6.45, 7) is 1.42. The first kappa shape index (κ1) is 15.4. The summed E-state index contributed by atoms with van der Waals surface area (Å²) in [6, 6.07) is 9.87. The van der Waals surface area contributed by atoms with Gasteiger partial charge in [0.15, 0.2) is 0 Å². The van der Waals surface area contributed by atoms with Gasteiger partial charge in [0.2, 0.25) is 5.91 Å². The normalized spacial score (nSPS) is 17.1. The molecule has 1 aliphatic rings. The molecule has 1 unspecified atom stereocenters. The number of aromatic nitrogens is 4. The highest BCUT2D eigenvalue weighted by molar-refractivity contribution is 5.79. The maximum Gasteiger partial charge on any atom is 0.227 e. The van der Waals surface area contributed by atoms with Gasteiger partial charge in [-0.05, 0) is 24.1 Å². The van der Waals surface area contributed by atoms with Gasteiger partial charge < -0.3 is 10.6 Å². The summed E-state index contributed by atoms with van der Waals surface area (Å²) in [7, 11) is 0. The van der Waals surface area contributed by atoms with Crippen LogP contribution in [0.1, 0.15) is 23.6 Å². The smallest absolute Gasteiger partial charge is 0.227 e. The number of hydrogen-bond acceptors (Lipinski definition) is 4. The Labute approximate surface area is 145 Å². The summed E-state index contributed by atoms with van der Waals surface area (Å²) >= 11 is 0. The number of nitrogens with one attached hydrogen (secondary N) is 1. The summed E-state index contributed by atoms with van der Waals surface area (Å²) < 4.78 is 1.79. The van der Waals surface area contributed by atoms with Crippen LogP contribution < -0.4 is 5.73 Å². The van der Waals surface area contributed by atoms with Crippen LogP contribution >= 0.6 is 0 Å². The molecule has 0 saturated carbocycles. The number of benzene rings is 1. The highest BCUT2D eigenvalue weighted by Gasteiger charge is 2.29. The molecule has 3 aromatic rings. The molecule has 4 rings (SSSR count). The number of rotatable bonds is 4. The van der Waals surface area contributed by atoms with Crippen LogP contribution in [0.5, 0.6) is 0 Å². The first-order valence-corrected chi connectivity index (χ1v) is 8.36. The Balaban J connectivity index is 1.40. The average Bonchev–Trinajstić information content (AvgIpc) is 3.35. The number of anilines is 1. The molecule has 2 aromatic heterocycles. The monoisotopic (exact) mass is 336 g/mol. The van der Waals surface area contributed by atoms with E-state index in [2.05, 4.69) is 15.3 Å². The van der Waals surface area contributed by atoms with Crippen LogP contribution in [-0.2, 0) is 11.2 Å². The number of nitrogen functional groups attached to an aromatic ring is 1. The molecular weight excluding hydrogens is 316 g/mol. The fraction of sp³-hybridized carbons (Fsp3) is 0.278. The molecule has 25 heavy (non-hydrogen) atoms. The summed E-state index contributed by atoms with van der Waals surface area (Å²) in [5.74, 6) is 0.353. The Morgan fingerprint density at radius 1 is 1.28 bits per heavy atom. The van der Waals surface area contributed by atoms with Crippen molar-refractivity contribution in [3.8, 4) is 5.69 Å². The molecule has 1 aliphatic heterocycles. The Bertz CT molecular complexity index is 869. The van der Waals surface area contributed by atoms with Crippen molar-refractivity contribution in [2.75, 3.05) is 18.8 Å². The maximum absolute atomic E-state index is 12.6. The van der Waals surface area contributed by atoms with E-state index in [1.807, 2.05) is 41.4 Å². The van der Waals surface area contributed by atoms with E-state index in [1.165, 1.54) is 0 Å². The molecule has 128 valence electrons. The summed E-state index contributed by atoms with van der Waals surface area (Å²) in [5.41, 5.74) is 9.42. The predicted octanol–water partition coefficient (Wildman–Crippen LogP) is 1.74. The van der Waals surface area contributed by atoms with Gasteiger partial charge in [-0.2, -0.15) is 10.2 Å². The third kappa shape index (κ3) is 3.13. The van der Waals surface area contributed by atoms with E-state index >= 15 is 0 Å². The zero-order valence-corrected chi connectivity index (χ0v) is 13.8. The van der Waals surface area contributed by atoms with E-state index < -0.39 is 0 Å². The third-order valence-electron chi connectivity index (χ3n) is 4.66. The minimum absolute atomic E-state index is 0.119. The maximum atomic E-state index is 12.6. The first-order valence-electron chi connectivity index (χ1n) is 8.36. The molecule has 1 saturated heterocycles. The van der Waals surface area contributed by atoms with Gasteiger partial charge in [0, 0.05) is 25.2 Å². The molecule has 1 fully saturated rings. The number of carbonyl (C=O) groups is 1. The van der Waals surface area contributed by atoms with Crippen molar-refractivity contribution < 1.29 is 4.79 Å². The zero-order valence-electron chi connectivity index (χ0n) is 13.8. The fourth-order valence-electron chi connectivity index (χ4n) is 3.31. The Kier molecular flexibility index (Phi) is 3.97. The van der Waals surface area contributed by atoms with Crippen molar-refractivity contribution in [1.29, 1.82) is 0 Å². The number of amides is 1. The van der Waals surface area contributed by atoms with Crippen molar-refractivity contribution in [3.63, 3.8) is 0 Å². The molecule has 3 N–H and O–H groups in total. The van der Waals surface area contributed by atoms with Crippen LogP contribution in [-0.4, -0.2) is 43.9 Å². The predicted molar refractivity (Wildman–Crippen MR) is 94.2 cm³/mol. The Hall–Kier alpha value is -3.09. The van der Waals surface area contributed by atoms with Crippen LogP contribution in [0.2, 0.25) is 0 Å². The van der Waals surface area contributed by atoms with Crippen molar-refractivity contribution >= 4 is 11.6 Å². The van der Waals surface area contributed by atoms with E-state index in [1.54, 1.807) is 17.1 Å². The lowest BCUT2D eigenvalue weighted by molar-refractivity contribution is -0.129. The SMILES string of the molecule is Nc1cn[nH]c1C1CCN(C(=O)Cc2cnn(-c3ccccc3)c2)C1. The second kappa shape index (κ2) is 6.43. The van der Waals surface area contributed by atoms with Crippen LogP contribution in [0.25, 0.3) is 5.69 Å². The molecular formula is C18H20N6O. The van der Waals surface area contributed by atoms with E-state index in [9.17, 15) is 4.79 Å². The molecule has 7 nitrogen and oxygen atoms in total. The van der Waals surface area contributed by atoms with E-state index in [4.69, 9.17) is 5.73 Å². The largest absolute Gasteiger partial charge is 0.396 e. The van der Waals surface area contributed by atoms with E-state index in [0.29, 0.717) is 18.7 Å². The molecule has 0 spiro atoms. The van der Waals surface area contributed by atoms with Gasteiger partial charge in [0.05, 0.1) is 35.9 Å². The third-order valence-corrected chi connectivity index (χ3v) is 4.66. The highest BCUT2D eigenvalue weighted by Crippen LogP contribution is 2.29. The lowest BCUT2D eigenvalue weighted by Crippen LogP contribution is -2.29. The molecule has 0 aliphatic carbocycles. The number of carbonyl (C=O) groups excluding carboxylic acids is 1. The van der Waals surface area contributed by atoms with Gasteiger partial charge in [0.1, 0.15) is 0 Å². The molecule has 1 aromatic carbocycles. The number of nitrogens with zero attached hydrogens (tertiary/aromatic N) is 4. The van der Waals surface area contributed by atoms with Crippen molar-refractivity contribution in [2.24, 2.45) is 0 Å². The molecule has 3 heterocycles. The van der Waals surface area contributed by atoms with E-state index in [-0.39, 0.29) is 11.8 Å². The highest BCUT2D eigenvalue weighted by atomic mass is 16.2. The van der Waals surface area contributed by atoms with Gasteiger partial charge in [-0.15, -0.1) is 0 Å². The number of likely N-dealkylation sites (tertiary alicyclic amines) is 1. The molecule has 1 amide bonds. The summed E-state index contributed by atoms with van der Waals surface area (Å²) in [4.78, 5) is 14.5. The minimum atomic E-state index is 0.119. The summed E-state index contributed by atoms with van der Waals surface area (Å²) in [5, 5.41) is 11.3. The second-order valence-corrected chi connectivity index (χ2v) is 6.37. The number of H-pyrrole nitrogens is 1. The van der Waals surface area contributed by atoms with Crippen LogP contribution in [0, 0.1) is 0 Å². The van der Waals surface area contributed by atoms with Crippen molar-refractivity contribution in [3.05, 3.63) is 60.2 Å². The van der Waals surface area contributed by atoms with E-state index in [0.717, 1.165) is 29.9 Å². The quantitative estimate of drug-likeness (QED) is 0.759. The van der Waals surface area contributed by atoms with Crippen LogP contribution in [0.15, 0.2) is 48.9 Å². The van der Waals surface area contributed by atoms with Gasteiger partial charge in [-0.25, -0.2) is 4.68 Å². The van der Waals surface area contributed by atoms with Crippen molar-refractivity contribution in [1.82, 2.24) is 24.9 Å². The van der Waals surface area contributed by atoms with Crippen LogP contribution in [0.4, 0.5) is 5.69 Å². The average molecular weight is 336 g/mol. The standard InChI is InChI=1S/C18H20N6O/c19-16-10-20-22-18(16)14-6-7-23(12-14)17(25)8-13-9-21-24(11-13)15-4-2-1-3-5-15/h1-5,9-11,14H,6-8,12,19H2,(H,20,22). The first-order chi connectivity index (χ1) is 12.2. The molecule has 7 heteroatoms. The lowest BCUT2D eigenvalue weighted by atomic mass is 10.0. The zero-order chi connectivity index (χ0) is 17.2. The minimum Gasteiger partial charge on any atom is -0.396 e. The van der Waals surface area contributed by atoms with Gasteiger partial charge in [-0.3, -0.25) is 9.89 Å². The number of hydrogen-bond donors (Lipinski definition) is 2. The van der Waals surface area contributed by atoms with Crippen LogP contribution in [0.3, 0.4) is 0 Å².